The molecule has 0 aliphatic carbocycles. The average Bonchev–Trinajstić information content (AvgIpc) is 2.98. The molecule has 8 heteroatoms. The summed E-state index contributed by atoms with van der Waals surface area (Å²) in [6.07, 6.45) is 4.76. The van der Waals surface area contributed by atoms with Gasteiger partial charge >= 0.3 is 0 Å². The molecule has 114 valence electrons. The monoisotopic (exact) mass is 326 g/mol. The SMILES string of the molecule is CCCNc1ncccc1S(=O)(=O)NCCc1nccs1. The highest BCUT2D eigenvalue weighted by Crippen LogP contribution is 2.17. The zero-order valence-electron chi connectivity index (χ0n) is 11.7. The molecule has 2 N–H and O–H groups in total. The van der Waals surface area contributed by atoms with Crippen molar-refractivity contribution in [3.63, 3.8) is 0 Å². The van der Waals surface area contributed by atoms with Crippen LogP contribution in [0.2, 0.25) is 0 Å². The number of aromatic nitrogens is 2. The minimum absolute atomic E-state index is 0.178. The van der Waals surface area contributed by atoms with Crippen molar-refractivity contribution in [2.24, 2.45) is 0 Å². The molecule has 2 aromatic heterocycles. The van der Waals surface area contributed by atoms with Crippen LogP contribution < -0.4 is 10.0 Å². The number of pyridine rings is 1. The molecule has 0 amide bonds. The van der Waals surface area contributed by atoms with Gasteiger partial charge in [-0.3, -0.25) is 0 Å². The highest BCUT2D eigenvalue weighted by atomic mass is 32.2. The Kier molecular flexibility index (Phi) is 5.66. The third-order valence-corrected chi connectivity index (χ3v) is 5.05. The summed E-state index contributed by atoms with van der Waals surface area (Å²) < 4.78 is 27.3. The number of thiazole rings is 1. The maximum absolute atomic E-state index is 12.3. The lowest BCUT2D eigenvalue weighted by Crippen LogP contribution is -2.27. The molecule has 21 heavy (non-hydrogen) atoms. The highest BCUT2D eigenvalue weighted by molar-refractivity contribution is 7.89. The van der Waals surface area contributed by atoms with E-state index in [1.807, 2.05) is 12.3 Å². The number of rotatable bonds is 8. The van der Waals surface area contributed by atoms with Crippen molar-refractivity contribution in [2.45, 2.75) is 24.7 Å². The molecule has 6 nitrogen and oxygen atoms in total. The smallest absolute Gasteiger partial charge is 0.244 e. The summed E-state index contributed by atoms with van der Waals surface area (Å²) in [5.41, 5.74) is 0. The molecule has 0 saturated carbocycles. The lowest BCUT2D eigenvalue weighted by molar-refractivity contribution is 0.581. The van der Waals surface area contributed by atoms with Gasteiger partial charge in [0.15, 0.2) is 0 Å². The van der Waals surface area contributed by atoms with Crippen molar-refractivity contribution < 1.29 is 8.42 Å². The van der Waals surface area contributed by atoms with Crippen molar-refractivity contribution in [1.82, 2.24) is 14.7 Å². The predicted octanol–water partition coefficient (Wildman–Crippen LogP) is 1.88. The van der Waals surface area contributed by atoms with Crippen molar-refractivity contribution >= 4 is 27.2 Å². The molecule has 0 saturated heterocycles. The van der Waals surface area contributed by atoms with Gasteiger partial charge in [-0.15, -0.1) is 11.3 Å². The first-order chi connectivity index (χ1) is 10.1. The van der Waals surface area contributed by atoms with Gasteiger partial charge in [0.2, 0.25) is 10.0 Å². The van der Waals surface area contributed by atoms with Gasteiger partial charge < -0.3 is 5.32 Å². The molecule has 0 aliphatic heterocycles. The Labute approximate surface area is 128 Å². The molecule has 0 fully saturated rings. The average molecular weight is 326 g/mol. The van der Waals surface area contributed by atoms with Crippen molar-refractivity contribution in [3.05, 3.63) is 34.9 Å². The zero-order valence-corrected chi connectivity index (χ0v) is 13.4. The van der Waals surface area contributed by atoms with Crippen molar-refractivity contribution in [3.8, 4) is 0 Å². The second-order valence-electron chi connectivity index (χ2n) is 4.35. The van der Waals surface area contributed by atoms with Crippen molar-refractivity contribution in [2.75, 3.05) is 18.4 Å². The standard InChI is InChI=1S/C13H18N4O2S2/c1-2-6-15-13-11(4-3-7-16-13)21(18,19)17-8-5-12-14-9-10-20-12/h3-4,7,9-10,17H,2,5-6,8H2,1H3,(H,15,16). The van der Waals surface area contributed by atoms with Crippen LogP contribution in [0.1, 0.15) is 18.4 Å². The molecule has 0 aromatic carbocycles. The fourth-order valence-corrected chi connectivity index (χ4v) is 3.51. The fraction of sp³-hybridized carbons (Fsp3) is 0.385. The second-order valence-corrected chi connectivity index (χ2v) is 7.07. The minimum Gasteiger partial charge on any atom is -0.369 e. The fourth-order valence-electron chi connectivity index (χ4n) is 1.73. The summed E-state index contributed by atoms with van der Waals surface area (Å²) in [6, 6.07) is 3.17. The van der Waals surface area contributed by atoms with E-state index in [1.54, 1.807) is 24.5 Å². The summed E-state index contributed by atoms with van der Waals surface area (Å²) in [6.45, 7) is 3.01. The normalized spacial score (nSPS) is 11.5. The third kappa shape index (κ3) is 4.48. The Morgan fingerprint density at radius 3 is 2.81 bits per heavy atom. The summed E-state index contributed by atoms with van der Waals surface area (Å²) >= 11 is 1.51. The van der Waals surface area contributed by atoms with Crippen LogP contribution >= 0.6 is 11.3 Å². The minimum atomic E-state index is -3.57. The Bertz CT molecular complexity index is 657. The number of sulfonamides is 1. The van der Waals surface area contributed by atoms with Gasteiger partial charge in [-0.1, -0.05) is 6.92 Å². The second kappa shape index (κ2) is 7.48. The summed E-state index contributed by atoms with van der Waals surface area (Å²) in [5, 5.41) is 5.82. The van der Waals surface area contributed by atoms with Crippen LogP contribution in [0.15, 0.2) is 34.8 Å². The summed E-state index contributed by atoms with van der Waals surface area (Å²) in [4.78, 5) is 8.40. The summed E-state index contributed by atoms with van der Waals surface area (Å²) in [7, 11) is -3.57. The lowest BCUT2D eigenvalue weighted by atomic mass is 10.4. The van der Waals surface area contributed by atoms with E-state index in [-0.39, 0.29) is 4.90 Å². The Hall–Kier alpha value is -1.51. The quantitative estimate of drug-likeness (QED) is 0.774. The molecule has 2 heterocycles. The first kappa shape index (κ1) is 15.9. The molecule has 0 bridgehead atoms. The molecule has 0 unspecified atom stereocenters. The van der Waals surface area contributed by atoms with Gasteiger partial charge in [-0.2, -0.15) is 0 Å². The van der Waals surface area contributed by atoms with Crippen LogP contribution in [0.5, 0.6) is 0 Å². The maximum Gasteiger partial charge on any atom is 0.244 e. The Morgan fingerprint density at radius 2 is 2.10 bits per heavy atom. The topological polar surface area (TPSA) is 84.0 Å². The van der Waals surface area contributed by atoms with Crippen LogP contribution in [-0.4, -0.2) is 31.5 Å². The van der Waals surface area contributed by atoms with E-state index >= 15 is 0 Å². The molecular formula is C13H18N4O2S2. The molecular weight excluding hydrogens is 308 g/mol. The molecule has 2 aromatic rings. The van der Waals surface area contributed by atoms with E-state index in [1.165, 1.54) is 11.3 Å². The molecule has 0 aliphatic rings. The number of anilines is 1. The highest BCUT2D eigenvalue weighted by Gasteiger charge is 2.18. The van der Waals surface area contributed by atoms with E-state index in [4.69, 9.17) is 0 Å². The number of hydrogen-bond acceptors (Lipinski definition) is 6. The van der Waals surface area contributed by atoms with Gasteiger partial charge in [0.05, 0.1) is 5.01 Å². The van der Waals surface area contributed by atoms with Gasteiger partial charge in [-0.25, -0.2) is 23.1 Å². The van der Waals surface area contributed by atoms with Crippen LogP contribution in [0.4, 0.5) is 5.82 Å². The van der Waals surface area contributed by atoms with E-state index in [0.29, 0.717) is 25.3 Å². The largest absolute Gasteiger partial charge is 0.369 e. The molecule has 2 rings (SSSR count). The van der Waals surface area contributed by atoms with Crippen LogP contribution in [0, 0.1) is 0 Å². The van der Waals surface area contributed by atoms with Gasteiger partial charge in [-0.05, 0) is 18.6 Å². The van der Waals surface area contributed by atoms with Crippen LogP contribution in [0.25, 0.3) is 0 Å². The Morgan fingerprint density at radius 1 is 1.24 bits per heavy atom. The number of hydrogen-bond donors (Lipinski definition) is 2. The zero-order chi connectivity index (χ0) is 15.1. The predicted molar refractivity (Wildman–Crippen MR) is 84.0 cm³/mol. The van der Waals surface area contributed by atoms with E-state index in [0.717, 1.165) is 11.4 Å². The number of nitrogens with one attached hydrogen (secondary N) is 2. The maximum atomic E-state index is 12.3. The Balaban J connectivity index is 2.04. The van der Waals surface area contributed by atoms with Crippen molar-refractivity contribution in [1.29, 1.82) is 0 Å². The third-order valence-electron chi connectivity index (χ3n) is 2.72. The van der Waals surface area contributed by atoms with Crippen LogP contribution in [0.3, 0.4) is 0 Å². The first-order valence-electron chi connectivity index (χ1n) is 6.70. The van der Waals surface area contributed by atoms with Crippen LogP contribution in [-0.2, 0) is 16.4 Å². The van der Waals surface area contributed by atoms with E-state index < -0.39 is 10.0 Å². The summed E-state index contributed by atoms with van der Waals surface area (Å²) in [5.74, 6) is 0.390. The molecule has 0 atom stereocenters. The first-order valence-corrected chi connectivity index (χ1v) is 9.06. The van der Waals surface area contributed by atoms with E-state index in [2.05, 4.69) is 20.0 Å². The van der Waals surface area contributed by atoms with E-state index in [9.17, 15) is 8.42 Å². The lowest BCUT2D eigenvalue weighted by Gasteiger charge is -2.11. The van der Waals surface area contributed by atoms with Gasteiger partial charge in [0.25, 0.3) is 0 Å². The molecule has 0 radical (unpaired) electrons. The molecule has 0 spiro atoms. The number of nitrogens with zero attached hydrogens (tertiary/aromatic N) is 2. The van der Waals surface area contributed by atoms with Gasteiger partial charge in [0.1, 0.15) is 10.7 Å². The van der Waals surface area contributed by atoms with Gasteiger partial charge in [0, 0.05) is 37.3 Å².